The fourth-order valence-corrected chi connectivity index (χ4v) is 1.49. The van der Waals surface area contributed by atoms with Gasteiger partial charge in [-0.25, -0.2) is 4.98 Å². The summed E-state index contributed by atoms with van der Waals surface area (Å²) in [5.74, 6) is 0.188. The molecule has 0 unspecified atom stereocenters. The largest absolute Gasteiger partial charge is 0.384 e. The van der Waals surface area contributed by atoms with Gasteiger partial charge in [-0.2, -0.15) is 0 Å². The molecule has 3 N–H and O–H groups in total. The molecule has 0 aliphatic rings. The molecular formula is C11H14N6O. The zero-order valence-electron chi connectivity index (χ0n) is 9.78. The Morgan fingerprint density at radius 1 is 1.44 bits per heavy atom. The normalized spacial score (nSPS) is 10.2. The Morgan fingerprint density at radius 3 is 3.06 bits per heavy atom. The smallest absolute Gasteiger partial charge is 0.251 e. The van der Waals surface area contributed by atoms with E-state index in [1.165, 1.54) is 6.20 Å². The molecule has 2 rings (SSSR count). The van der Waals surface area contributed by atoms with Crippen LogP contribution in [0.25, 0.3) is 0 Å². The number of carbonyl (C=O) groups is 1. The first kappa shape index (κ1) is 12.0. The van der Waals surface area contributed by atoms with Crippen LogP contribution in [0.5, 0.6) is 0 Å². The Morgan fingerprint density at radius 2 is 2.33 bits per heavy atom. The lowest BCUT2D eigenvalue weighted by atomic mass is 10.2. The minimum Gasteiger partial charge on any atom is -0.384 e. The lowest BCUT2D eigenvalue weighted by Gasteiger charge is -2.05. The van der Waals surface area contributed by atoms with Crippen LogP contribution in [0.3, 0.4) is 0 Å². The van der Waals surface area contributed by atoms with Gasteiger partial charge in [-0.1, -0.05) is 5.21 Å². The van der Waals surface area contributed by atoms with Crippen molar-refractivity contribution >= 4 is 11.7 Å². The van der Waals surface area contributed by atoms with Crippen LogP contribution in [-0.4, -0.2) is 32.4 Å². The first-order valence-corrected chi connectivity index (χ1v) is 5.59. The van der Waals surface area contributed by atoms with Gasteiger partial charge in [0.25, 0.3) is 5.91 Å². The summed E-state index contributed by atoms with van der Waals surface area (Å²) >= 11 is 0. The Hall–Kier alpha value is -2.44. The second kappa shape index (κ2) is 5.76. The van der Waals surface area contributed by atoms with E-state index in [2.05, 4.69) is 20.6 Å². The van der Waals surface area contributed by atoms with Crippen LogP contribution in [0.15, 0.2) is 30.7 Å². The van der Waals surface area contributed by atoms with E-state index in [1.54, 1.807) is 29.2 Å². The number of pyridine rings is 1. The second-order valence-electron chi connectivity index (χ2n) is 3.74. The Labute approximate surface area is 104 Å². The molecular weight excluding hydrogens is 232 g/mol. The van der Waals surface area contributed by atoms with Gasteiger partial charge in [0.1, 0.15) is 5.82 Å². The molecule has 0 aliphatic heterocycles. The molecule has 2 heterocycles. The van der Waals surface area contributed by atoms with Gasteiger partial charge in [-0.3, -0.25) is 9.48 Å². The fraction of sp³-hybridized carbons (Fsp3) is 0.273. The molecule has 2 aromatic heterocycles. The summed E-state index contributed by atoms with van der Waals surface area (Å²) in [6, 6.07) is 3.18. The predicted molar refractivity (Wildman–Crippen MR) is 65.6 cm³/mol. The number of nitrogens with two attached hydrogens (primary N) is 1. The van der Waals surface area contributed by atoms with Gasteiger partial charge in [0, 0.05) is 31.0 Å². The average Bonchev–Trinajstić information content (AvgIpc) is 2.87. The molecule has 0 saturated carbocycles. The maximum absolute atomic E-state index is 11.7. The van der Waals surface area contributed by atoms with Crippen molar-refractivity contribution in [1.29, 1.82) is 0 Å². The molecule has 0 bridgehead atoms. The lowest BCUT2D eigenvalue weighted by molar-refractivity contribution is 0.0952. The topological polar surface area (TPSA) is 98.7 Å². The maximum Gasteiger partial charge on any atom is 0.251 e. The molecule has 94 valence electrons. The number of aryl methyl sites for hydroxylation is 1. The van der Waals surface area contributed by atoms with Crippen LogP contribution in [0.2, 0.25) is 0 Å². The molecule has 18 heavy (non-hydrogen) atoms. The SMILES string of the molecule is Nc1cc(C(=O)NCCCn2ccnn2)ccn1. The van der Waals surface area contributed by atoms with Crippen molar-refractivity contribution in [2.45, 2.75) is 13.0 Å². The van der Waals surface area contributed by atoms with Crippen molar-refractivity contribution in [2.75, 3.05) is 12.3 Å². The van der Waals surface area contributed by atoms with E-state index in [0.717, 1.165) is 13.0 Å². The summed E-state index contributed by atoms with van der Waals surface area (Å²) < 4.78 is 1.72. The summed E-state index contributed by atoms with van der Waals surface area (Å²) in [5, 5.41) is 10.3. The van der Waals surface area contributed by atoms with Crippen LogP contribution in [0.1, 0.15) is 16.8 Å². The molecule has 0 saturated heterocycles. The Bertz CT molecular complexity index is 510. The molecule has 0 fully saturated rings. The summed E-state index contributed by atoms with van der Waals surface area (Å²) in [7, 11) is 0. The Kier molecular flexibility index (Phi) is 3.85. The molecule has 0 radical (unpaired) electrons. The van der Waals surface area contributed by atoms with Gasteiger partial charge in [0.05, 0.1) is 6.20 Å². The number of nitrogens with one attached hydrogen (secondary N) is 1. The lowest BCUT2D eigenvalue weighted by Crippen LogP contribution is -2.25. The van der Waals surface area contributed by atoms with E-state index in [4.69, 9.17) is 5.73 Å². The number of hydrogen-bond donors (Lipinski definition) is 2. The minimum absolute atomic E-state index is 0.150. The minimum atomic E-state index is -0.150. The van der Waals surface area contributed by atoms with Crippen molar-refractivity contribution in [2.24, 2.45) is 0 Å². The number of aromatic nitrogens is 4. The van der Waals surface area contributed by atoms with E-state index in [-0.39, 0.29) is 5.91 Å². The summed E-state index contributed by atoms with van der Waals surface area (Å²) in [4.78, 5) is 15.6. The first-order valence-electron chi connectivity index (χ1n) is 5.59. The number of amides is 1. The third-order valence-electron chi connectivity index (χ3n) is 2.36. The molecule has 0 aromatic carbocycles. The van der Waals surface area contributed by atoms with Crippen molar-refractivity contribution in [3.63, 3.8) is 0 Å². The maximum atomic E-state index is 11.7. The van der Waals surface area contributed by atoms with Crippen molar-refractivity contribution in [1.82, 2.24) is 25.3 Å². The van der Waals surface area contributed by atoms with Gasteiger partial charge in [-0.15, -0.1) is 5.10 Å². The molecule has 2 aromatic rings. The number of hydrogen-bond acceptors (Lipinski definition) is 5. The fourth-order valence-electron chi connectivity index (χ4n) is 1.49. The number of carbonyl (C=O) groups excluding carboxylic acids is 1. The van der Waals surface area contributed by atoms with Crippen LogP contribution in [0, 0.1) is 0 Å². The van der Waals surface area contributed by atoms with Crippen LogP contribution in [-0.2, 0) is 6.54 Å². The molecule has 0 aliphatic carbocycles. The predicted octanol–water partition coefficient (Wildman–Crippen LogP) is 0.0754. The van der Waals surface area contributed by atoms with E-state index in [0.29, 0.717) is 17.9 Å². The highest BCUT2D eigenvalue weighted by atomic mass is 16.1. The van der Waals surface area contributed by atoms with E-state index < -0.39 is 0 Å². The zero-order chi connectivity index (χ0) is 12.8. The van der Waals surface area contributed by atoms with Crippen LogP contribution < -0.4 is 11.1 Å². The highest BCUT2D eigenvalue weighted by molar-refractivity contribution is 5.94. The summed E-state index contributed by atoms with van der Waals surface area (Å²) in [6.07, 6.45) is 5.71. The second-order valence-corrected chi connectivity index (χ2v) is 3.74. The number of rotatable bonds is 5. The van der Waals surface area contributed by atoms with Gasteiger partial charge < -0.3 is 11.1 Å². The quantitative estimate of drug-likeness (QED) is 0.728. The van der Waals surface area contributed by atoms with Crippen molar-refractivity contribution < 1.29 is 4.79 Å². The van der Waals surface area contributed by atoms with Crippen LogP contribution in [0.4, 0.5) is 5.82 Å². The monoisotopic (exact) mass is 246 g/mol. The van der Waals surface area contributed by atoms with Crippen molar-refractivity contribution in [3.05, 3.63) is 36.3 Å². The highest BCUT2D eigenvalue weighted by Crippen LogP contribution is 2.02. The highest BCUT2D eigenvalue weighted by Gasteiger charge is 2.04. The summed E-state index contributed by atoms with van der Waals surface area (Å²) in [6.45, 7) is 1.29. The molecule has 0 atom stereocenters. The van der Waals surface area contributed by atoms with Crippen LogP contribution >= 0.6 is 0 Å². The van der Waals surface area contributed by atoms with E-state index in [9.17, 15) is 4.79 Å². The van der Waals surface area contributed by atoms with E-state index in [1.807, 2.05) is 0 Å². The summed E-state index contributed by atoms with van der Waals surface area (Å²) in [5.41, 5.74) is 6.02. The van der Waals surface area contributed by atoms with Gasteiger partial charge in [0.2, 0.25) is 0 Å². The van der Waals surface area contributed by atoms with Gasteiger partial charge >= 0.3 is 0 Å². The third-order valence-corrected chi connectivity index (χ3v) is 2.36. The molecule has 7 nitrogen and oxygen atoms in total. The standard InChI is InChI=1S/C11H14N6O/c12-10-8-9(2-4-13-10)11(18)14-3-1-6-17-7-5-15-16-17/h2,4-5,7-8H,1,3,6H2,(H2,12,13)(H,14,18). The van der Waals surface area contributed by atoms with Gasteiger partial charge in [-0.05, 0) is 18.6 Å². The molecule has 1 amide bonds. The van der Waals surface area contributed by atoms with Crippen molar-refractivity contribution in [3.8, 4) is 0 Å². The third kappa shape index (κ3) is 3.27. The first-order chi connectivity index (χ1) is 8.75. The number of nitrogen functional groups attached to an aromatic ring is 1. The van der Waals surface area contributed by atoms with E-state index >= 15 is 0 Å². The van der Waals surface area contributed by atoms with Gasteiger partial charge in [0.15, 0.2) is 0 Å². The number of anilines is 1. The number of nitrogens with zero attached hydrogens (tertiary/aromatic N) is 4. The Balaban J connectivity index is 1.75. The zero-order valence-corrected chi connectivity index (χ0v) is 9.78. The molecule has 7 heteroatoms. The molecule has 0 spiro atoms. The average molecular weight is 246 g/mol.